The maximum atomic E-state index is 9.04. The maximum Gasteiger partial charge on any atom is 0.0558 e. The molecule has 0 heterocycles. The lowest BCUT2D eigenvalue weighted by atomic mass is 10.1. The summed E-state index contributed by atoms with van der Waals surface area (Å²) in [5, 5.41) is 9.04. The molecule has 1 aromatic rings. The lowest BCUT2D eigenvalue weighted by Gasteiger charge is -2.21. The number of hydrogen-bond donors (Lipinski definition) is 2. The van der Waals surface area contributed by atoms with Gasteiger partial charge in [0.05, 0.1) is 6.61 Å². The van der Waals surface area contributed by atoms with E-state index in [0.29, 0.717) is 6.54 Å². The van der Waals surface area contributed by atoms with Gasteiger partial charge in [-0.25, -0.2) is 0 Å². The Bertz CT molecular complexity index is 298. The van der Waals surface area contributed by atoms with Crippen molar-refractivity contribution < 1.29 is 5.11 Å². The molecule has 0 bridgehead atoms. The number of nitrogens with zero attached hydrogens (tertiary/aromatic N) is 1. The molecule has 0 amide bonds. The Morgan fingerprint density at radius 3 is 2.29 bits per heavy atom. The summed E-state index contributed by atoms with van der Waals surface area (Å²) in [6.45, 7) is 5.72. The van der Waals surface area contributed by atoms with Gasteiger partial charge in [0.2, 0.25) is 0 Å². The molecule has 3 nitrogen and oxygen atoms in total. The zero-order valence-electron chi connectivity index (χ0n) is 10.7. The largest absolute Gasteiger partial charge is 0.395 e. The number of hydrogen-bond acceptors (Lipinski definition) is 3. The van der Waals surface area contributed by atoms with E-state index >= 15 is 0 Å². The summed E-state index contributed by atoms with van der Waals surface area (Å²) in [5.41, 5.74) is 8.02. The average molecular weight is 236 g/mol. The molecule has 0 aliphatic heterocycles. The molecule has 3 heteroatoms. The van der Waals surface area contributed by atoms with E-state index in [9.17, 15) is 0 Å². The van der Waals surface area contributed by atoms with E-state index in [0.717, 1.165) is 25.2 Å². The quantitative estimate of drug-likeness (QED) is 0.723. The van der Waals surface area contributed by atoms with Crippen LogP contribution in [0.4, 0.5) is 0 Å². The lowest BCUT2D eigenvalue weighted by molar-refractivity contribution is 0.188. The molecule has 0 spiro atoms. The van der Waals surface area contributed by atoms with Gasteiger partial charge in [-0.1, -0.05) is 37.6 Å². The van der Waals surface area contributed by atoms with E-state index in [4.69, 9.17) is 10.8 Å². The summed E-state index contributed by atoms with van der Waals surface area (Å²) in [5.74, 6) is 0. The average Bonchev–Trinajstić information content (AvgIpc) is 2.37. The fraction of sp³-hybridized carbons (Fsp3) is 0.571. The predicted molar refractivity (Wildman–Crippen MR) is 71.6 cm³/mol. The molecule has 17 heavy (non-hydrogen) atoms. The number of unbranched alkanes of at least 4 members (excludes halogenated alkanes) is 1. The number of benzene rings is 1. The first-order valence-electron chi connectivity index (χ1n) is 6.41. The van der Waals surface area contributed by atoms with Gasteiger partial charge in [-0.2, -0.15) is 0 Å². The monoisotopic (exact) mass is 236 g/mol. The van der Waals surface area contributed by atoms with Crippen LogP contribution in [0.3, 0.4) is 0 Å². The predicted octanol–water partition coefficient (Wildman–Crippen LogP) is 1.74. The van der Waals surface area contributed by atoms with Crippen molar-refractivity contribution in [2.75, 3.05) is 19.7 Å². The highest BCUT2D eigenvalue weighted by molar-refractivity contribution is 5.22. The van der Waals surface area contributed by atoms with Gasteiger partial charge >= 0.3 is 0 Å². The SMILES string of the molecule is CCCCN(CCO)Cc1ccc(CN)cc1. The summed E-state index contributed by atoms with van der Waals surface area (Å²) in [6, 6.07) is 8.40. The van der Waals surface area contributed by atoms with Gasteiger partial charge < -0.3 is 10.8 Å². The van der Waals surface area contributed by atoms with E-state index in [1.807, 2.05) is 0 Å². The second kappa shape index (κ2) is 8.23. The molecule has 1 rings (SSSR count). The Morgan fingerprint density at radius 1 is 1.12 bits per heavy atom. The minimum absolute atomic E-state index is 0.227. The molecular formula is C14H24N2O. The van der Waals surface area contributed by atoms with Crippen molar-refractivity contribution in [2.24, 2.45) is 5.73 Å². The van der Waals surface area contributed by atoms with Gasteiger partial charge in [0.15, 0.2) is 0 Å². The number of aliphatic hydroxyl groups excluding tert-OH is 1. The summed E-state index contributed by atoms with van der Waals surface area (Å²) < 4.78 is 0. The molecule has 1 aromatic carbocycles. The Balaban J connectivity index is 2.51. The van der Waals surface area contributed by atoms with E-state index in [-0.39, 0.29) is 6.61 Å². The van der Waals surface area contributed by atoms with Crippen LogP contribution in [-0.2, 0) is 13.1 Å². The van der Waals surface area contributed by atoms with E-state index < -0.39 is 0 Å². The second-order valence-electron chi connectivity index (χ2n) is 4.37. The topological polar surface area (TPSA) is 49.5 Å². The van der Waals surface area contributed by atoms with Crippen LogP contribution in [0.5, 0.6) is 0 Å². The van der Waals surface area contributed by atoms with Crippen molar-refractivity contribution in [1.29, 1.82) is 0 Å². The van der Waals surface area contributed by atoms with E-state index in [1.165, 1.54) is 18.4 Å². The van der Waals surface area contributed by atoms with Crippen molar-refractivity contribution in [2.45, 2.75) is 32.9 Å². The summed E-state index contributed by atoms with van der Waals surface area (Å²) in [6.07, 6.45) is 2.37. The molecule has 96 valence electrons. The van der Waals surface area contributed by atoms with Crippen LogP contribution in [0.1, 0.15) is 30.9 Å². The van der Waals surface area contributed by atoms with Crippen LogP contribution < -0.4 is 5.73 Å². The zero-order chi connectivity index (χ0) is 12.5. The van der Waals surface area contributed by atoms with Crippen molar-refractivity contribution in [1.82, 2.24) is 4.90 Å². The molecule has 0 saturated carbocycles. The van der Waals surface area contributed by atoms with Gasteiger partial charge in [0.1, 0.15) is 0 Å². The number of rotatable bonds is 8. The van der Waals surface area contributed by atoms with Gasteiger partial charge in [-0.05, 0) is 24.1 Å². The molecule has 0 fully saturated rings. The van der Waals surface area contributed by atoms with Crippen LogP contribution in [-0.4, -0.2) is 29.7 Å². The van der Waals surface area contributed by atoms with Gasteiger partial charge in [0.25, 0.3) is 0 Å². The third kappa shape index (κ3) is 5.31. The van der Waals surface area contributed by atoms with Crippen molar-refractivity contribution in [3.8, 4) is 0 Å². The minimum Gasteiger partial charge on any atom is -0.395 e. The molecule has 0 unspecified atom stereocenters. The molecule has 3 N–H and O–H groups in total. The van der Waals surface area contributed by atoms with Crippen LogP contribution in [0, 0.1) is 0 Å². The summed E-state index contributed by atoms with van der Waals surface area (Å²) >= 11 is 0. The highest BCUT2D eigenvalue weighted by atomic mass is 16.3. The maximum absolute atomic E-state index is 9.04. The van der Waals surface area contributed by atoms with Crippen molar-refractivity contribution >= 4 is 0 Å². The third-order valence-electron chi connectivity index (χ3n) is 2.91. The van der Waals surface area contributed by atoms with Gasteiger partial charge in [0, 0.05) is 19.6 Å². The molecule has 0 aromatic heterocycles. The van der Waals surface area contributed by atoms with Crippen LogP contribution in [0.2, 0.25) is 0 Å². The first kappa shape index (κ1) is 14.2. The van der Waals surface area contributed by atoms with Crippen molar-refractivity contribution in [3.63, 3.8) is 0 Å². The fourth-order valence-electron chi connectivity index (χ4n) is 1.83. The van der Waals surface area contributed by atoms with Gasteiger partial charge in [-0.15, -0.1) is 0 Å². The Morgan fingerprint density at radius 2 is 1.76 bits per heavy atom. The summed E-state index contributed by atoms with van der Waals surface area (Å²) in [4.78, 5) is 2.29. The van der Waals surface area contributed by atoms with Gasteiger partial charge in [-0.3, -0.25) is 4.90 Å². The number of aliphatic hydroxyl groups is 1. The Labute approximate surface area is 104 Å². The fourth-order valence-corrected chi connectivity index (χ4v) is 1.83. The standard InChI is InChI=1S/C14H24N2O/c1-2-3-8-16(9-10-17)12-14-6-4-13(11-15)5-7-14/h4-7,17H,2-3,8-12,15H2,1H3. The second-order valence-corrected chi connectivity index (χ2v) is 4.37. The first-order chi connectivity index (χ1) is 8.30. The van der Waals surface area contributed by atoms with Crippen molar-refractivity contribution in [3.05, 3.63) is 35.4 Å². The highest BCUT2D eigenvalue weighted by Gasteiger charge is 2.04. The Kier molecular flexibility index (Phi) is 6.86. The molecule has 0 aliphatic rings. The lowest BCUT2D eigenvalue weighted by Crippen LogP contribution is -2.27. The molecule has 0 radical (unpaired) electrons. The smallest absolute Gasteiger partial charge is 0.0558 e. The molecular weight excluding hydrogens is 212 g/mol. The minimum atomic E-state index is 0.227. The Hall–Kier alpha value is -0.900. The molecule has 0 saturated heterocycles. The first-order valence-corrected chi connectivity index (χ1v) is 6.41. The van der Waals surface area contributed by atoms with E-state index in [2.05, 4.69) is 36.1 Å². The van der Waals surface area contributed by atoms with Crippen LogP contribution >= 0.6 is 0 Å². The summed E-state index contributed by atoms with van der Waals surface area (Å²) in [7, 11) is 0. The molecule has 0 aliphatic carbocycles. The normalized spacial score (nSPS) is 11.1. The van der Waals surface area contributed by atoms with Crippen LogP contribution in [0.25, 0.3) is 0 Å². The number of nitrogens with two attached hydrogens (primary N) is 1. The third-order valence-corrected chi connectivity index (χ3v) is 2.91. The zero-order valence-corrected chi connectivity index (χ0v) is 10.7. The van der Waals surface area contributed by atoms with Crippen LogP contribution in [0.15, 0.2) is 24.3 Å². The molecule has 0 atom stereocenters. The van der Waals surface area contributed by atoms with E-state index in [1.54, 1.807) is 0 Å². The highest BCUT2D eigenvalue weighted by Crippen LogP contribution is 2.08.